The smallest absolute Gasteiger partial charge is 0.238 e. The Morgan fingerprint density at radius 1 is 1.31 bits per heavy atom. The maximum Gasteiger partial charge on any atom is 0.238 e. The van der Waals surface area contributed by atoms with E-state index in [0.29, 0.717) is 23.6 Å². The van der Waals surface area contributed by atoms with Gasteiger partial charge in [-0.15, -0.1) is 10.2 Å². The summed E-state index contributed by atoms with van der Waals surface area (Å²) < 4.78 is 29.1. The van der Waals surface area contributed by atoms with Crippen LogP contribution in [0.5, 0.6) is 0 Å². The van der Waals surface area contributed by atoms with Gasteiger partial charge in [-0.25, -0.2) is 8.42 Å². The zero-order chi connectivity index (χ0) is 18.5. The highest BCUT2D eigenvalue weighted by atomic mass is 32.2. The zero-order valence-corrected chi connectivity index (χ0v) is 14.9. The van der Waals surface area contributed by atoms with E-state index in [9.17, 15) is 13.2 Å². The van der Waals surface area contributed by atoms with Gasteiger partial charge in [0.15, 0.2) is 0 Å². The molecule has 1 fully saturated rings. The molecule has 0 bridgehead atoms. The zero-order valence-electron chi connectivity index (χ0n) is 14.0. The highest BCUT2D eigenvalue weighted by Gasteiger charge is 2.17. The lowest BCUT2D eigenvalue weighted by atomic mass is 10.1. The summed E-state index contributed by atoms with van der Waals surface area (Å²) in [7, 11) is -2.97. The van der Waals surface area contributed by atoms with Gasteiger partial charge in [-0.2, -0.15) is 4.80 Å². The first kappa shape index (κ1) is 18.3. The van der Waals surface area contributed by atoms with Crippen LogP contribution in [0, 0.1) is 0 Å². The molecule has 1 amide bonds. The summed E-state index contributed by atoms with van der Waals surface area (Å²) in [5.74, 6) is -0.303. The lowest BCUT2D eigenvalue weighted by Gasteiger charge is -2.21. The Morgan fingerprint density at radius 2 is 2.08 bits per heavy atom. The van der Waals surface area contributed by atoms with Crippen LogP contribution in [-0.2, 0) is 27.0 Å². The van der Waals surface area contributed by atoms with E-state index in [1.807, 2.05) is 0 Å². The van der Waals surface area contributed by atoms with Gasteiger partial charge >= 0.3 is 0 Å². The molecule has 3 rings (SSSR count). The Morgan fingerprint density at radius 3 is 2.69 bits per heavy atom. The quantitative estimate of drug-likeness (QED) is 0.632. The monoisotopic (exact) mass is 380 g/mol. The highest BCUT2D eigenvalue weighted by Crippen LogP contribution is 2.21. The fourth-order valence-electron chi connectivity index (χ4n) is 2.74. The van der Waals surface area contributed by atoms with Crippen LogP contribution in [0.25, 0.3) is 11.4 Å². The molecule has 1 unspecified atom stereocenters. The topological polar surface area (TPSA) is 133 Å². The maximum absolute atomic E-state index is 11.3. The van der Waals surface area contributed by atoms with Crippen molar-refractivity contribution < 1.29 is 17.9 Å². The van der Waals surface area contributed by atoms with Gasteiger partial charge in [0.1, 0.15) is 6.54 Å². The Bertz CT molecular complexity index is 821. The van der Waals surface area contributed by atoms with Crippen molar-refractivity contribution in [2.75, 3.05) is 17.5 Å². The van der Waals surface area contributed by atoms with Crippen LogP contribution >= 0.6 is 0 Å². The molecule has 1 saturated heterocycles. The first-order valence-electron chi connectivity index (χ1n) is 8.23. The largest absolute Gasteiger partial charge is 0.376 e. The number of ether oxygens (including phenoxy) is 1. The van der Waals surface area contributed by atoms with Crippen LogP contribution in [0.4, 0.5) is 5.69 Å². The summed E-state index contributed by atoms with van der Waals surface area (Å²) in [5.41, 5.74) is 6.10. The minimum atomic E-state index is -2.97. The van der Waals surface area contributed by atoms with Crippen molar-refractivity contribution in [3.05, 3.63) is 24.3 Å². The van der Waals surface area contributed by atoms with Crippen LogP contribution in [0.2, 0.25) is 0 Å². The molecule has 2 N–H and O–H groups in total. The van der Waals surface area contributed by atoms with Gasteiger partial charge in [-0.3, -0.25) is 9.10 Å². The third-order valence-corrected chi connectivity index (χ3v) is 4.79. The van der Waals surface area contributed by atoms with Crippen molar-refractivity contribution >= 4 is 22.5 Å². The van der Waals surface area contributed by atoms with Crippen molar-refractivity contribution in [3.63, 3.8) is 0 Å². The number of amides is 1. The standard InChI is InChI=1S/C15H20N6O4S/c16-14(22)10-20(26(23)24)12-6-4-11(5-7-12)15-17-19-21(18-15)9-13-3-1-2-8-25-13/h4-7,13,26H,1-3,8-10H2,(H2,16,22). The van der Waals surface area contributed by atoms with Crippen molar-refractivity contribution in [2.45, 2.75) is 31.9 Å². The number of carbonyl (C=O) groups excluding carboxylic acids is 1. The summed E-state index contributed by atoms with van der Waals surface area (Å²) in [5, 5.41) is 12.4. The number of anilines is 1. The molecule has 0 aliphatic carbocycles. The molecule has 1 aromatic carbocycles. The Labute approximate surface area is 152 Å². The minimum absolute atomic E-state index is 0.101. The molecule has 2 heterocycles. The van der Waals surface area contributed by atoms with Crippen LogP contribution < -0.4 is 10.0 Å². The van der Waals surface area contributed by atoms with E-state index in [-0.39, 0.29) is 6.10 Å². The molecule has 1 aliphatic rings. The van der Waals surface area contributed by atoms with E-state index in [4.69, 9.17) is 10.5 Å². The number of benzene rings is 1. The van der Waals surface area contributed by atoms with Crippen molar-refractivity contribution in [1.29, 1.82) is 0 Å². The summed E-state index contributed by atoms with van der Waals surface area (Å²) in [6.45, 7) is 0.902. The van der Waals surface area contributed by atoms with Gasteiger partial charge < -0.3 is 10.5 Å². The molecule has 140 valence electrons. The molecule has 0 radical (unpaired) electrons. The Hall–Kier alpha value is -2.53. The van der Waals surface area contributed by atoms with Gasteiger partial charge in [-0.1, -0.05) is 0 Å². The fraction of sp³-hybridized carbons (Fsp3) is 0.467. The van der Waals surface area contributed by atoms with Gasteiger partial charge in [-0.05, 0) is 48.7 Å². The van der Waals surface area contributed by atoms with Crippen molar-refractivity contribution in [2.24, 2.45) is 5.73 Å². The number of rotatable bonds is 7. The predicted molar refractivity (Wildman–Crippen MR) is 93.7 cm³/mol. The van der Waals surface area contributed by atoms with Crippen LogP contribution in [-0.4, -0.2) is 53.8 Å². The summed E-state index contributed by atoms with van der Waals surface area (Å²) in [6, 6.07) is 6.46. The van der Waals surface area contributed by atoms with Crippen molar-refractivity contribution in [3.8, 4) is 11.4 Å². The third kappa shape index (κ3) is 4.55. The lowest BCUT2D eigenvalue weighted by molar-refractivity contribution is -0.116. The van der Waals surface area contributed by atoms with Gasteiger partial charge in [0, 0.05) is 12.2 Å². The lowest BCUT2D eigenvalue weighted by Crippen LogP contribution is -2.32. The van der Waals surface area contributed by atoms with Gasteiger partial charge in [0.05, 0.1) is 18.3 Å². The normalized spacial score (nSPS) is 17.3. The minimum Gasteiger partial charge on any atom is -0.376 e. The number of hydrogen-bond donors (Lipinski definition) is 2. The molecule has 0 spiro atoms. The first-order valence-corrected chi connectivity index (χ1v) is 9.36. The predicted octanol–water partition coefficient (Wildman–Crippen LogP) is -0.273. The van der Waals surface area contributed by atoms with Crippen molar-refractivity contribution in [1.82, 2.24) is 20.2 Å². The SMILES string of the molecule is NC(=O)CN(c1ccc(-c2nnn(CC3CCCCO3)n2)cc1)[SH](=O)=O. The second-order valence-corrected chi connectivity index (χ2v) is 6.92. The fourth-order valence-corrected chi connectivity index (χ4v) is 3.32. The van der Waals surface area contributed by atoms with E-state index in [2.05, 4.69) is 15.4 Å². The van der Waals surface area contributed by atoms with Gasteiger partial charge in [0.2, 0.25) is 22.6 Å². The number of nitrogens with two attached hydrogens (primary N) is 1. The molecule has 1 aromatic heterocycles. The average Bonchev–Trinajstić information content (AvgIpc) is 3.09. The molecule has 11 heteroatoms. The molecular weight excluding hydrogens is 360 g/mol. The molecular formula is C15H20N6O4S. The second-order valence-electron chi connectivity index (χ2n) is 5.97. The van der Waals surface area contributed by atoms with Crippen LogP contribution in [0.3, 0.4) is 0 Å². The number of tetrazole rings is 1. The van der Waals surface area contributed by atoms with E-state index >= 15 is 0 Å². The second kappa shape index (κ2) is 8.23. The number of nitrogens with zero attached hydrogens (tertiary/aromatic N) is 5. The van der Waals surface area contributed by atoms with Crippen LogP contribution in [0.15, 0.2) is 24.3 Å². The van der Waals surface area contributed by atoms with E-state index in [0.717, 1.165) is 30.2 Å². The first-order chi connectivity index (χ1) is 12.5. The highest BCUT2D eigenvalue weighted by molar-refractivity contribution is 7.74. The van der Waals surface area contributed by atoms with Crippen LogP contribution in [0.1, 0.15) is 19.3 Å². The number of carbonyl (C=O) groups is 1. The summed E-state index contributed by atoms with van der Waals surface area (Å²) in [6.07, 6.45) is 3.30. The molecule has 1 aliphatic heterocycles. The van der Waals surface area contributed by atoms with E-state index in [1.165, 1.54) is 4.80 Å². The number of aromatic nitrogens is 4. The number of hydrogen-bond acceptors (Lipinski definition) is 7. The molecule has 0 saturated carbocycles. The molecule has 26 heavy (non-hydrogen) atoms. The maximum atomic E-state index is 11.3. The molecule has 10 nitrogen and oxygen atoms in total. The van der Waals surface area contributed by atoms with E-state index < -0.39 is 23.3 Å². The Kier molecular flexibility index (Phi) is 5.78. The third-order valence-electron chi connectivity index (χ3n) is 4.02. The summed E-state index contributed by atoms with van der Waals surface area (Å²) >= 11 is 0. The Balaban J connectivity index is 1.71. The summed E-state index contributed by atoms with van der Waals surface area (Å²) in [4.78, 5) is 12.5. The average molecular weight is 380 g/mol. The number of primary amides is 1. The van der Waals surface area contributed by atoms with E-state index in [1.54, 1.807) is 24.3 Å². The van der Waals surface area contributed by atoms with Gasteiger partial charge in [0.25, 0.3) is 0 Å². The molecule has 1 atom stereocenters. The molecule has 2 aromatic rings. The number of thiol groups is 1.